The summed E-state index contributed by atoms with van der Waals surface area (Å²) in [5.41, 5.74) is 0.990. The van der Waals surface area contributed by atoms with Crippen LogP contribution in [0.4, 0.5) is 5.69 Å². The first kappa shape index (κ1) is 15.5. The van der Waals surface area contributed by atoms with Gasteiger partial charge in [0.25, 0.3) is 0 Å². The summed E-state index contributed by atoms with van der Waals surface area (Å²) >= 11 is 0. The summed E-state index contributed by atoms with van der Waals surface area (Å²) in [6.07, 6.45) is 0. The Balaban J connectivity index is 1.88. The van der Waals surface area contributed by atoms with Gasteiger partial charge in [-0.05, 0) is 30.3 Å². The van der Waals surface area contributed by atoms with Gasteiger partial charge in [0.05, 0.1) is 5.56 Å². The van der Waals surface area contributed by atoms with Gasteiger partial charge < -0.3 is 15.0 Å². The highest BCUT2D eigenvalue weighted by Crippen LogP contribution is 2.20. The number of rotatable bonds is 3. The molecule has 1 heterocycles. The average molecular weight is 322 g/mol. The number of H-pyrrole nitrogens is 1. The number of hydrogen-bond acceptors (Lipinski definition) is 4. The number of amides is 1. The Hall–Kier alpha value is -3.41. The summed E-state index contributed by atoms with van der Waals surface area (Å²) in [6, 6.07) is 14.6. The van der Waals surface area contributed by atoms with Crippen LogP contribution < -0.4 is 15.6 Å². The summed E-state index contributed by atoms with van der Waals surface area (Å²) in [7, 11) is 0. The van der Waals surface area contributed by atoms with Gasteiger partial charge >= 0.3 is 5.97 Å². The molecule has 0 bridgehead atoms. The largest absolute Gasteiger partial charge is 0.423 e. The SMILES string of the molecule is CC(=O)Nc1ccc(OC(=O)c2cc(=O)[nH]c3ccccc23)cc1. The van der Waals surface area contributed by atoms with E-state index in [2.05, 4.69) is 10.3 Å². The molecule has 6 heteroatoms. The quantitative estimate of drug-likeness (QED) is 0.573. The van der Waals surface area contributed by atoms with Crippen LogP contribution in [0.1, 0.15) is 17.3 Å². The molecule has 0 aliphatic heterocycles. The van der Waals surface area contributed by atoms with E-state index in [1.54, 1.807) is 48.5 Å². The third kappa shape index (κ3) is 3.33. The van der Waals surface area contributed by atoms with E-state index in [4.69, 9.17) is 4.74 Å². The molecule has 3 aromatic rings. The van der Waals surface area contributed by atoms with Crippen molar-refractivity contribution in [2.75, 3.05) is 5.32 Å². The van der Waals surface area contributed by atoms with Gasteiger partial charge in [0.1, 0.15) is 5.75 Å². The Kier molecular flexibility index (Phi) is 4.11. The van der Waals surface area contributed by atoms with Crippen molar-refractivity contribution in [1.29, 1.82) is 0 Å². The van der Waals surface area contributed by atoms with Crippen molar-refractivity contribution in [1.82, 2.24) is 4.98 Å². The van der Waals surface area contributed by atoms with Crippen molar-refractivity contribution in [3.05, 3.63) is 70.5 Å². The van der Waals surface area contributed by atoms with Crippen LogP contribution in [0.2, 0.25) is 0 Å². The molecule has 2 aromatic carbocycles. The van der Waals surface area contributed by atoms with Crippen LogP contribution in [0.15, 0.2) is 59.4 Å². The molecule has 0 saturated heterocycles. The van der Waals surface area contributed by atoms with E-state index in [9.17, 15) is 14.4 Å². The Labute approximate surface area is 137 Å². The van der Waals surface area contributed by atoms with Gasteiger partial charge in [-0.2, -0.15) is 0 Å². The first-order valence-corrected chi connectivity index (χ1v) is 7.25. The lowest BCUT2D eigenvalue weighted by molar-refractivity contribution is -0.114. The molecule has 2 N–H and O–H groups in total. The van der Waals surface area contributed by atoms with Crippen LogP contribution in [0.3, 0.4) is 0 Å². The van der Waals surface area contributed by atoms with Crippen LogP contribution >= 0.6 is 0 Å². The zero-order valence-electron chi connectivity index (χ0n) is 12.8. The number of fused-ring (bicyclic) bond motifs is 1. The summed E-state index contributed by atoms with van der Waals surface area (Å²) < 4.78 is 5.32. The molecule has 0 spiro atoms. The van der Waals surface area contributed by atoms with E-state index < -0.39 is 5.97 Å². The van der Waals surface area contributed by atoms with Gasteiger partial charge in [0.15, 0.2) is 0 Å². The van der Waals surface area contributed by atoms with Crippen LogP contribution in [0.5, 0.6) is 5.75 Å². The minimum atomic E-state index is -0.621. The predicted octanol–water partition coefficient (Wildman–Crippen LogP) is 2.71. The standard InChI is InChI=1S/C18H14N2O4/c1-11(21)19-12-6-8-13(9-7-12)24-18(23)15-10-17(22)20-16-5-3-2-4-14(15)16/h2-10H,1H3,(H,19,21)(H,20,22). The maximum atomic E-state index is 12.4. The highest BCUT2D eigenvalue weighted by atomic mass is 16.5. The number of aromatic amines is 1. The Morgan fingerprint density at radius 3 is 2.46 bits per heavy atom. The second-order valence-corrected chi connectivity index (χ2v) is 5.19. The van der Waals surface area contributed by atoms with Crippen LogP contribution in [-0.4, -0.2) is 16.9 Å². The molecule has 0 saturated carbocycles. The average Bonchev–Trinajstić information content (AvgIpc) is 2.55. The number of benzene rings is 2. The summed E-state index contributed by atoms with van der Waals surface area (Å²) in [6.45, 7) is 1.41. The molecule has 6 nitrogen and oxygen atoms in total. The first-order valence-electron chi connectivity index (χ1n) is 7.25. The normalized spacial score (nSPS) is 10.4. The number of esters is 1. The van der Waals surface area contributed by atoms with Crippen LogP contribution in [-0.2, 0) is 4.79 Å². The lowest BCUT2D eigenvalue weighted by Crippen LogP contribution is -2.15. The van der Waals surface area contributed by atoms with E-state index in [0.29, 0.717) is 22.3 Å². The fraction of sp³-hybridized carbons (Fsp3) is 0.0556. The van der Waals surface area contributed by atoms with Gasteiger partial charge in [-0.3, -0.25) is 9.59 Å². The van der Waals surface area contributed by atoms with Gasteiger partial charge in [-0.1, -0.05) is 18.2 Å². The number of ether oxygens (including phenoxy) is 1. The van der Waals surface area contributed by atoms with Crippen molar-refractivity contribution in [2.45, 2.75) is 6.92 Å². The lowest BCUT2D eigenvalue weighted by atomic mass is 10.1. The van der Waals surface area contributed by atoms with Crippen molar-refractivity contribution in [2.24, 2.45) is 0 Å². The number of carbonyl (C=O) groups excluding carboxylic acids is 2. The summed E-state index contributed by atoms with van der Waals surface area (Å²) in [4.78, 5) is 37.8. The van der Waals surface area contributed by atoms with E-state index >= 15 is 0 Å². The van der Waals surface area contributed by atoms with E-state index in [1.807, 2.05) is 0 Å². The fourth-order valence-electron chi connectivity index (χ4n) is 2.35. The van der Waals surface area contributed by atoms with Gasteiger partial charge in [0, 0.05) is 29.6 Å². The second kappa shape index (κ2) is 6.37. The molecule has 0 unspecified atom stereocenters. The number of para-hydroxylation sites is 1. The molecule has 0 atom stereocenters. The molecule has 0 radical (unpaired) electrons. The molecule has 0 aliphatic carbocycles. The van der Waals surface area contributed by atoms with Gasteiger partial charge in [-0.25, -0.2) is 4.79 Å². The minimum Gasteiger partial charge on any atom is -0.423 e. The van der Waals surface area contributed by atoms with Gasteiger partial charge in [0.2, 0.25) is 11.5 Å². The Morgan fingerprint density at radius 2 is 1.75 bits per heavy atom. The topological polar surface area (TPSA) is 88.3 Å². The number of pyridine rings is 1. The van der Waals surface area contributed by atoms with E-state index in [1.165, 1.54) is 13.0 Å². The number of aromatic nitrogens is 1. The second-order valence-electron chi connectivity index (χ2n) is 5.19. The molecule has 1 aromatic heterocycles. The highest BCUT2D eigenvalue weighted by Gasteiger charge is 2.14. The molecular weight excluding hydrogens is 308 g/mol. The third-order valence-electron chi connectivity index (χ3n) is 3.36. The van der Waals surface area contributed by atoms with Crippen molar-refractivity contribution < 1.29 is 14.3 Å². The van der Waals surface area contributed by atoms with Gasteiger partial charge in [-0.15, -0.1) is 0 Å². The van der Waals surface area contributed by atoms with Crippen LogP contribution in [0.25, 0.3) is 10.9 Å². The fourth-order valence-corrected chi connectivity index (χ4v) is 2.35. The number of nitrogens with one attached hydrogen (secondary N) is 2. The maximum Gasteiger partial charge on any atom is 0.344 e. The molecule has 1 amide bonds. The van der Waals surface area contributed by atoms with Crippen molar-refractivity contribution in [3.63, 3.8) is 0 Å². The lowest BCUT2D eigenvalue weighted by Gasteiger charge is -2.08. The van der Waals surface area contributed by atoms with E-state index in [0.717, 1.165) is 0 Å². The maximum absolute atomic E-state index is 12.4. The minimum absolute atomic E-state index is 0.185. The third-order valence-corrected chi connectivity index (χ3v) is 3.36. The number of hydrogen-bond donors (Lipinski definition) is 2. The van der Waals surface area contributed by atoms with Crippen molar-refractivity contribution >= 4 is 28.5 Å². The monoisotopic (exact) mass is 322 g/mol. The summed E-state index contributed by atoms with van der Waals surface area (Å²) in [5.74, 6) is -0.488. The predicted molar refractivity (Wildman–Crippen MR) is 90.3 cm³/mol. The Morgan fingerprint density at radius 1 is 1.04 bits per heavy atom. The molecular formula is C18H14N2O4. The zero-order valence-corrected chi connectivity index (χ0v) is 12.8. The molecule has 24 heavy (non-hydrogen) atoms. The highest BCUT2D eigenvalue weighted by molar-refractivity contribution is 6.04. The zero-order chi connectivity index (χ0) is 17.1. The smallest absolute Gasteiger partial charge is 0.344 e. The van der Waals surface area contributed by atoms with Crippen LogP contribution in [0, 0.1) is 0 Å². The Bertz CT molecular complexity index is 974. The summed E-state index contributed by atoms with van der Waals surface area (Å²) in [5, 5.41) is 3.23. The number of anilines is 1. The van der Waals surface area contributed by atoms with E-state index in [-0.39, 0.29) is 17.0 Å². The number of carbonyl (C=O) groups is 2. The molecule has 3 rings (SSSR count). The van der Waals surface area contributed by atoms with Crippen molar-refractivity contribution in [3.8, 4) is 5.75 Å². The first-order chi connectivity index (χ1) is 11.5. The molecule has 0 fully saturated rings. The molecule has 120 valence electrons. The molecule has 0 aliphatic rings.